The van der Waals surface area contributed by atoms with Crippen LogP contribution in [0.5, 0.6) is 5.88 Å². The molecule has 0 unspecified atom stereocenters. The van der Waals surface area contributed by atoms with Crippen LogP contribution in [-0.2, 0) is 21.1 Å². The quantitative estimate of drug-likeness (QED) is 0.516. The number of hydrogen-bond acceptors (Lipinski definition) is 5. The van der Waals surface area contributed by atoms with E-state index in [1.54, 1.807) is 18.2 Å². The van der Waals surface area contributed by atoms with Gasteiger partial charge < -0.3 is 9.84 Å². The summed E-state index contributed by atoms with van der Waals surface area (Å²) in [6.07, 6.45) is 1.45. The molecule has 2 heterocycles. The first kappa shape index (κ1) is 21.3. The monoisotopic (exact) mass is 539 g/mol. The van der Waals surface area contributed by atoms with Crippen molar-refractivity contribution in [2.45, 2.75) is 0 Å². The number of aromatic nitrogens is 3. The maximum atomic E-state index is 13.3. The average molecular weight is 539 g/mol. The molecule has 1 aromatic carbocycles. The van der Waals surface area contributed by atoms with E-state index in [0.29, 0.717) is 5.88 Å². The molecule has 0 bridgehead atoms. The molecule has 0 fully saturated rings. The number of rotatable bonds is 3. The third kappa shape index (κ3) is 5.97. The first-order valence-electron chi connectivity index (χ1n) is 6.90. The van der Waals surface area contributed by atoms with Crippen LogP contribution in [-0.4, -0.2) is 33.4 Å². The Labute approximate surface area is 162 Å². The van der Waals surface area contributed by atoms with Gasteiger partial charge in [0.2, 0.25) is 5.88 Å². The summed E-state index contributed by atoms with van der Waals surface area (Å²) >= 11 is 0. The van der Waals surface area contributed by atoms with Gasteiger partial charge >= 0.3 is 5.97 Å². The number of aromatic carboxylic acids is 1. The normalized spacial score (nSPS) is 9.35. The summed E-state index contributed by atoms with van der Waals surface area (Å²) in [7, 11) is 1.45. The number of hydrogen-bond donors (Lipinski definition) is 1. The van der Waals surface area contributed by atoms with Crippen molar-refractivity contribution in [3.8, 4) is 17.1 Å². The Hall–Kier alpha value is -2.73. The first-order valence-corrected chi connectivity index (χ1v) is 6.90. The van der Waals surface area contributed by atoms with Crippen LogP contribution in [0, 0.1) is 17.7 Å². The molecular weight excluding hydrogens is 527 g/mol. The van der Waals surface area contributed by atoms with Crippen LogP contribution >= 0.6 is 0 Å². The molecule has 3 rings (SSSR count). The van der Waals surface area contributed by atoms with Gasteiger partial charge in [0, 0.05) is 44.6 Å². The molecule has 0 aliphatic carbocycles. The summed E-state index contributed by atoms with van der Waals surface area (Å²) in [6, 6.07) is 12.1. The standard InChI is InChI=1S/C11H7F2N2O.C6H5NO2.Pt/c1-16-11-5-4-10(14-15-11)8-3-2-7(12)6-9(8)13;8-6(9)5-3-1-2-4-7-5;/h2,4-6H,1H3;1-4H,(H,8,9);/q-1;;. The SMILES string of the molecule is COc1ccc(-c2[c-]cc(F)cc2F)nn1.O=C(O)c1ccccn1.[Pt]. The minimum atomic E-state index is -0.990. The van der Waals surface area contributed by atoms with E-state index in [0.717, 1.165) is 12.1 Å². The van der Waals surface area contributed by atoms with Crippen LogP contribution in [0.3, 0.4) is 0 Å². The number of carboxylic acid groups (broad SMARTS) is 1. The molecular formula is C17H12F2N3O3Pt-. The molecule has 1 N–H and O–H groups in total. The number of halogens is 2. The van der Waals surface area contributed by atoms with Gasteiger partial charge in [-0.25, -0.2) is 9.78 Å². The third-order valence-corrected chi connectivity index (χ3v) is 2.85. The molecule has 0 aliphatic heterocycles. The Morgan fingerprint density at radius 3 is 2.42 bits per heavy atom. The number of ether oxygens (including phenoxy) is 1. The summed E-state index contributed by atoms with van der Waals surface area (Å²) in [5, 5.41) is 15.7. The maximum absolute atomic E-state index is 13.3. The molecule has 0 radical (unpaired) electrons. The number of pyridine rings is 1. The Bertz CT molecular complexity index is 850. The molecule has 138 valence electrons. The molecule has 2 aromatic heterocycles. The predicted molar refractivity (Wildman–Crippen MR) is 84.0 cm³/mol. The van der Waals surface area contributed by atoms with Crippen LogP contribution in [0.1, 0.15) is 10.5 Å². The second-order valence-corrected chi connectivity index (χ2v) is 4.52. The van der Waals surface area contributed by atoms with Gasteiger partial charge in [-0.2, -0.15) is 5.10 Å². The molecule has 0 atom stereocenters. The fourth-order valence-electron chi connectivity index (χ4n) is 1.69. The van der Waals surface area contributed by atoms with Gasteiger partial charge in [-0.15, -0.1) is 17.2 Å². The maximum Gasteiger partial charge on any atom is 0.354 e. The van der Waals surface area contributed by atoms with E-state index in [2.05, 4.69) is 21.2 Å². The Kier molecular flexibility index (Phi) is 8.44. The van der Waals surface area contributed by atoms with Crippen molar-refractivity contribution < 1.29 is 44.5 Å². The van der Waals surface area contributed by atoms with Crippen molar-refractivity contribution in [3.05, 3.63) is 72.1 Å². The van der Waals surface area contributed by atoms with E-state index >= 15 is 0 Å². The molecule has 6 nitrogen and oxygen atoms in total. The summed E-state index contributed by atoms with van der Waals surface area (Å²) in [4.78, 5) is 13.7. The minimum Gasteiger partial charge on any atom is -0.480 e. The van der Waals surface area contributed by atoms with Crippen molar-refractivity contribution in [2.75, 3.05) is 7.11 Å². The van der Waals surface area contributed by atoms with Gasteiger partial charge in [0.1, 0.15) is 5.69 Å². The van der Waals surface area contributed by atoms with Crippen LogP contribution in [0.15, 0.2) is 48.7 Å². The number of carbonyl (C=O) groups is 1. The molecule has 0 saturated heterocycles. The van der Waals surface area contributed by atoms with E-state index in [1.165, 1.54) is 25.4 Å². The van der Waals surface area contributed by atoms with E-state index in [9.17, 15) is 13.6 Å². The zero-order valence-corrected chi connectivity index (χ0v) is 15.6. The molecule has 0 spiro atoms. The third-order valence-electron chi connectivity index (χ3n) is 2.85. The van der Waals surface area contributed by atoms with Gasteiger partial charge in [-0.05, 0) is 18.2 Å². The molecule has 3 aromatic rings. The summed E-state index contributed by atoms with van der Waals surface area (Å²) in [5.41, 5.74) is 0.437. The van der Waals surface area contributed by atoms with Crippen molar-refractivity contribution in [1.29, 1.82) is 0 Å². The zero-order valence-electron chi connectivity index (χ0n) is 13.3. The van der Waals surface area contributed by atoms with Crippen molar-refractivity contribution >= 4 is 5.97 Å². The topological polar surface area (TPSA) is 85.2 Å². The van der Waals surface area contributed by atoms with Crippen molar-refractivity contribution in [1.82, 2.24) is 15.2 Å². The van der Waals surface area contributed by atoms with Crippen LogP contribution in [0.25, 0.3) is 11.3 Å². The fraction of sp³-hybridized carbons (Fsp3) is 0.0588. The van der Waals surface area contributed by atoms with Crippen molar-refractivity contribution in [3.63, 3.8) is 0 Å². The van der Waals surface area contributed by atoms with Gasteiger partial charge in [0.05, 0.1) is 7.11 Å². The van der Waals surface area contributed by atoms with E-state index in [4.69, 9.17) is 9.84 Å². The Morgan fingerprint density at radius 2 is 1.96 bits per heavy atom. The predicted octanol–water partition coefficient (Wildman–Crippen LogP) is 3.01. The summed E-state index contributed by atoms with van der Waals surface area (Å²) in [5.74, 6) is -2.07. The first-order chi connectivity index (χ1) is 12.0. The number of nitrogens with zero attached hydrogens (tertiary/aromatic N) is 3. The summed E-state index contributed by atoms with van der Waals surface area (Å²) in [6.45, 7) is 0. The number of methoxy groups -OCH3 is 1. The molecule has 0 saturated carbocycles. The second kappa shape index (κ2) is 10.3. The van der Waals surface area contributed by atoms with E-state index in [-0.39, 0.29) is 38.0 Å². The van der Waals surface area contributed by atoms with Gasteiger partial charge in [0.15, 0.2) is 0 Å². The van der Waals surface area contributed by atoms with Gasteiger partial charge in [-0.3, -0.25) is 8.78 Å². The largest absolute Gasteiger partial charge is 0.480 e. The van der Waals surface area contributed by atoms with Crippen LogP contribution in [0.4, 0.5) is 8.78 Å². The van der Waals surface area contributed by atoms with Crippen molar-refractivity contribution in [2.24, 2.45) is 0 Å². The molecule has 0 amide bonds. The fourth-order valence-corrected chi connectivity index (χ4v) is 1.69. The van der Waals surface area contributed by atoms with E-state index < -0.39 is 17.6 Å². The molecule has 0 aliphatic rings. The van der Waals surface area contributed by atoms with E-state index in [1.807, 2.05) is 0 Å². The van der Waals surface area contributed by atoms with Gasteiger partial charge in [-0.1, -0.05) is 23.8 Å². The Morgan fingerprint density at radius 1 is 1.19 bits per heavy atom. The Balaban J connectivity index is 0.000000290. The van der Waals surface area contributed by atoms with Gasteiger partial charge in [0.25, 0.3) is 0 Å². The summed E-state index contributed by atoms with van der Waals surface area (Å²) < 4.78 is 30.8. The molecule has 9 heteroatoms. The number of benzene rings is 1. The minimum absolute atomic E-state index is 0. The zero-order chi connectivity index (χ0) is 18.2. The number of carboxylic acids is 1. The average Bonchev–Trinajstić information content (AvgIpc) is 2.63. The van der Waals surface area contributed by atoms with Crippen LogP contribution < -0.4 is 4.74 Å². The second-order valence-electron chi connectivity index (χ2n) is 4.52. The van der Waals surface area contributed by atoms with Crippen LogP contribution in [0.2, 0.25) is 0 Å². The molecule has 26 heavy (non-hydrogen) atoms. The smallest absolute Gasteiger partial charge is 0.354 e.